The number of sulfonamides is 1. The minimum atomic E-state index is -3.69. The van der Waals surface area contributed by atoms with Gasteiger partial charge in [-0.05, 0) is 35.9 Å². The Morgan fingerprint density at radius 2 is 1.81 bits per heavy atom. The zero-order valence-electron chi connectivity index (χ0n) is 17.5. The van der Waals surface area contributed by atoms with Gasteiger partial charge in [0, 0.05) is 39.6 Å². The predicted molar refractivity (Wildman–Crippen MR) is 114 cm³/mol. The third-order valence-corrected chi connectivity index (χ3v) is 7.19. The number of piperazine rings is 1. The van der Waals surface area contributed by atoms with Crippen LogP contribution in [0, 0.1) is 0 Å². The van der Waals surface area contributed by atoms with Gasteiger partial charge in [0.1, 0.15) is 5.75 Å². The Balaban J connectivity index is 1.42. The molecule has 166 valence electrons. The number of carbonyl (C=O) groups is 1. The number of anilines is 1. The van der Waals surface area contributed by atoms with E-state index in [0.29, 0.717) is 44.2 Å². The molecule has 4 rings (SSSR count). The van der Waals surface area contributed by atoms with Crippen LogP contribution >= 0.6 is 0 Å². The number of rotatable bonds is 6. The maximum absolute atomic E-state index is 13.1. The van der Waals surface area contributed by atoms with E-state index < -0.39 is 10.0 Å². The number of carbonyl (C=O) groups excluding carboxylic acids is 1. The zero-order chi connectivity index (χ0) is 22.0. The van der Waals surface area contributed by atoms with Crippen LogP contribution in [0.15, 0.2) is 41.3 Å². The largest absolute Gasteiger partial charge is 0.495 e. The van der Waals surface area contributed by atoms with Crippen LogP contribution in [-0.4, -0.2) is 63.6 Å². The van der Waals surface area contributed by atoms with Crippen LogP contribution in [0.1, 0.15) is 12.5 Å². The average molecular weight is 448 g/mol. The van der Waals surface area contributed by atoms with Crippen molar-refractivity contribution in [2.75, 3.05) is 45.4 Å². The summed E-state index contributed by atoms with van der Waals surface area (Å²) < 4.78 is 43.7. The molecule has 0 saturated carbocycles. The van der Waals surface area contributed by atoms with Crippen molar-refractivity contribution in [3.63, 3.8) is 0 Å². The number of nitrogens with one attached hydrogen (secondary N) is 1. The fourth-order valence-electron chi connectivity index (χ4n) is 3.71. The quantitative estimate of drug-likeness (QED) is 0.722. The molecule has 9 nitrogen and oxygen atoms in total. The van der Waals surface area contributed by atoms with Crippen molar-refractivity contribution >= 4 is 21.6 Å². The van der Waals surface area contributed by atoms with Gasteiger partial charge in [-0.3, -0.25) is 9.69 Å². The highest BCUT2D eigenvalue weighted by Crippen LogP contribution is 2.33. The lowest BCUT2D eigenvalue weighted by atomic mass is 10.2. The Kier molecular flexibility index (Phi) is 6.03. The van der Waals surface area contributed by atoms with E-state index in [1.165, 1.54) is 30.5 Å². The van der Waals surface area contributed by atoms with Crippen molar-refractivity contribution in [2.45, 2.75) is 18.4 Å². The molecule has 1 N–H and O–H groups in total. The van der Waals surface area contributed by atoms with Crippen molar-refractivity contribution < 1.29 is 27.4 Å². The number of fused-ring (bicyclic) bond motifs is 1. The number of benzene rings is 2. The number of hydrogen-bond donors (Lipinski definition) is 1. The van der Waals surface area contributed by atoms with Gasteiger partial charge in [0.2, 0.25) is 22.7 Å². The van der Waals surface area contributed by atoms with Gasteiger partial charge >= 0.3 is 0 Å². The zero-order valence-corrected chi connectivity index (χ0v) is 18.3. The van der Waals surface area contributed by atoms with E-state index in [1.807, 2.05) is 18.2 Å². The van der Waals surface area contributed by atoms with Crippen LogP contribution in [0.2, 0.25) is 0 Å². The highest BCUT2D eigenvalue weighted by atomic mass is 32.2. The highest BCUT2D eigenvalue weighted by molar-refractivity contribution is 7.89. The third-order valence-electron chi connectivity index (χ3n) is 5.29. The van der Waals surface area contributed by atoms with Crippen LogP contribution in [0.3, 0.4) is 0 Å². The molecule has 10 heteroatoms. The topological polar surface area (TPSA) is 97.4 Å². The van der Waals surface area contributed by atoms with Gasteiger partial charge in [-0.1, -0.05) is 6.07 Å². The summed E-state index contributed by atoms with van der Waals surface area (Å²) in [6.45, 7) is 4.30. The lowest BCUT2D eigenvalue weighted by Gasteiger charge is -2.34. The van der Waals surface area contributed by atoms with E-state index in [0.717, 1.165) is 17.1 Å². The van der Waals surface area contributed by atoms with Crippen LogP contribution in [-0.2, 0) is 21.4 Å². The monoisotopic (exact) mass is 447 g/mol. The lowest BCUT2D eigenvalue weighted by molar-refractivity contribution is -0.114. The van der Waals surface area contributed by atoms with Gasteiger partial charge in [0.25, 0.3) is 0 Å². The van der Waals surface area contributed by atoms with E-state index in [2.05, 4.69) is 10.2 Å². The maximum atomic E-state index is 13.1. The standard InChI is InChI=1S/C21H25N3O6S/c1-15(25)22-18-12-17(4-6-19(18)28-2)31(26,27)24-9-7-23(8-10-24)13-16-3-5-20-21(11-16)30-14-29-20/h3-6,11-12H,7-10,13-14H2,1-2H3,(H,22,25). The minimum Gasteiger partial charge on any atom is -0.495 e. The number of amides is 1. The molecule has 2 heterocycles. The van der Waals surface area contributed by atoms with Gasteiger partial charge in [-0.15, -0.1) is 0 Å². The molecule has 1 amide bonds. The molecule has 0 aliphatic carbocycles. The molecule has 0 atom stereocenters. The lowest BCUT2D eigenvalue weighted by Crippen LogP contribution is -2.48. The number of ether oxygens (including phenoxy) is 3. The normalized spacial score (nSPS) is 16.8. The Morgan fingerprint density at radius 1 is 1.06 bits per heavy atom. The first-order valence-corrected chi connectivity index (χ1v) is 11.4. The van der Waals surface area contributed by atoms with E-state index in [-0.39, 0.29) is 17.6 Å². The molecule has 2 aliphatic heterocycles. The van der Waals surface area contributed by atoms with Gasteiger partial charge in [-0.2, -0.15) is 4.31 Å². The molecule has 2 aromatic carbocycles. The molecule has 1 fully saturated rings. The summed E-state index contributed by atoms with van der Waals surface area (Å²) in [5.41, 5.74) is 1.42. The van der Waals surface area contributed by atoms with E-state index in [4.69, 9.17) is 14.2 Å². The third kappa shape index (κ3) is 4.60. The maximum Gasteiger partial charge on any atom is 0.243 e. The molecule has 2 aliphatic rings. The summed E-state index contributed by atoms with van der Waals surface area (Å²) in [6.07, 6.45) is 0. The van der Waals surface area contributed by atoms with Crippen molar-refractivity contribution in [1.29, 1.82) is 0 Å². The van der Waals surface area contributed by atoms with Gasteiger partial charge in [-0.25, -0.2) is 8.42 Å². The average Bonchev–Trinajstić information content (AvgIpc) is 3.21. The minimum absolute atomic E-state index is 0.126. The second kappa shape index (κ2) is 8.74. The van der Waals surface area contributed by atoms with Crippen molar-refractivity contribution in [3.05, 3.63) is 42.0 Å². The molecule has 1 saturated heterocycles. The van der Waals surface area contributed by atoms with Gasteiger partial charge < -0.3 is 19.5 Å². The van der Waals surface area contributed by atoms with Crippen LogP contribution in [0.25, 0.3) is 0 Å². The first-order valence-electron chi connectivity index (χ1n) is 9.93. The second-order valence-electron chi connectivity index (χ2n) is 7.41. The summed E-state index contributed by atoms with van der Waals surface area (Å²) >= 11 is 0. The first kappa shape index (κ1) is 21.4. The number of hydrogen-bond acceptors (Lipinski definition) is 7. The highest BCUT2D eigenvalue weighted by Gasteiger charge is 2.29. The fourth-order valence-corrected chi connectivity index (χ4v) is 5.16. The molecular formula is C21H25N3O6S. The first-order chi connectivity index (χ1) is 14.9. The van der Waals surface area contributed by atoms with Crippen molar-refractivity contribution in [1.82, 2.24) is 9.21 Å². The molecule has 31 heavy (non-hydrogen) atoms. The molecule has 0 radical (unpaired) electrons. The molecule has 0 unspecified atom stereocenters. The molecule has 0 bridgehead atoms. The van der Waals surface area contributed by atoms with Crippen LogP contribution < -0.4 is 19.5 Å². The Hall–Kier alpha value is -2.82. The van der Waals surface area contributed by atoms with Gasteiger partial charge in [0.15, 0.2) is 11.5 Å². The molecule has 0 spiro atoms. The summed E-state index contributed by atoms with van der Waals surface area (Å²) in [4.78, 5) is 13.8. The molecule has 2 aromatic rings. The van der Waals surface area contributed by atoms with Crippen LogP contribution in [0.5, 0.6) is 17.2 Å². The fraction of sp³-hybridized carbons (Fsp3) is 0.381. The Labute approximate surface area is 181 Å². The number of nitrogens with zero attached hydrogens (tertiary/aromatic N) is 2. The smallest absolute Gasteiger partial charge is 0.243 e. The van der Waals surface area contributed by atoms with E-state index >= 15 is 0 Å². The summed E-state index contributed by atoms with van der Waals surface area (Å²) in [5, 5.41) is 2.62. The predicted octanol–water partition coefficient (Wildman–Crippen LogP) is 1.89. The van der Waals surface area contributed by atoms with Crippen molar-refractivity contribution in [2.24, 2.45) is 0 Å². The van der Waals surface area contributed by atoms with E-state index in [1.54, 1.807) is 6.07 Å². The summed E-state index contributed by atoms with van der Waals surface area (Å²) in [6, 6.07) is 10.3. The van der Waals surface area contributed by atoms with Crippen LogP contribution in [0.4, 0.5) is 5.69 Å². The molecule has 0 aromatic heterocycles. The van der Waals surface area contributed by atoms with E-state index in [9.17, 15) is 13.2 Å². The second-order valence-corrected chi connectivity index (χ2v) is 9.35. The number of methoxy groups -OCH3 is 1. The van der Waals surface area contributed by atoms with Gasteiger partial charge in [0.05, 0.1) is 17.7 Å². The summed E-state index contributed by atoms with van der Waals surface area (Å²) in [7, 11) is -2.22. The Morgan fingerprint density at radius 3 is 2.52 bits per heavy atom. The van der Waals surface area contributed by atoms with Crippen molar-refractivity contribution in [3.8, 4) is 17.2 Å². The SMILES string of the molecule is COc1ccc(S(=O)(=O)N2CCN(Cc3ccc4c(c3)OCO4)CC2)cc1NC(C)=O. The summed E-state index contributed by atoms with van der Waals surface area (Å²) in [5.74, 6) is 1.60. The Bertz CT molecular complexity index is 1080. The molecular weight excluding hydrogens is 422 g/mol.